The van der Waals surface area contributed by atoms with Gasteiger partial charge in [0.25, 0.3) is 11.8 Å². The highest BCUT2D eigenvalue weighted by Gasteiger charge is 2.61. The summed E-state index contributed by atoms with van der Waals surface area (Å²) in [5.41, 5.74) is -5.93. The zero-order valence-corrected chi connectivity index (χ0v) is 22.0. The van der Waals surface area contributed by atoms with E-state index >= 15 is 0 Å². The lowest BCUT2D eigenvalue weighted by atomic mass is 9.90. The van der Waals surface area contributed by atoms with Crippen molar-refractivity contribution in [2.24, 2.45) is 0 Å². The average Bonchev–Trinajstić information content (AvgIpc) is 3.39. The van der Waals surface area contributed by atoms with Crippen molar-refractivity contribution in [3.8, 4) is 11.6 Å². The van der Waals surface area contributed by atoms with E-state index in [-0.39, 0.29) is 25.4 Å². The molecular formula is C27H25F6N5O4. The summed E-state index contributed by atoms with van der Waals surface area (Å²) in [6.45, 7) is -0.431. The van der Waals surface area contributed by atoms with Crippen molar-refractivity contribution in [2.75, 3.05) is 11.4 Å². The molecule has 1 aliphatic heterocycles. The van der Waals surface area contributed by atoms with E-state index in [4.69, 9.17) is 9.15 Å². The Morgan fingerprint density at radius 2 is 1.79 bits per heavy atom. The van der Waals surface area contributed by atoms with E-state index in [1.54, 1.807) is 36.4 Å². The number of benzene rings is 1. The molecule has 1 atom stereocenters. The average molecular weight is 598 g/mol. The summed E-state index contributed by atoms with van der Waals surface area (Å²) in [5.74, 6) is -2.45. The predicted octanol–water partition coefficient (Wildman–Crippen LogP) is 7.13. The quantitative estimate of drug-likeness (QED) is 0.132. The number of hydrogen-bond donors (Lipinski definition) is 0. The molecule has 3 heterocycles. The molecule has 0 amide bonds. The highest BCUT2D eigenvalue weighted by Crippen LogP contribution is 2.48. The van der Waals surface area contributed by atoms with Crippen molar-refractivity contribution in [2.45, 2.75) is 69.1 Å². The molecule has 1 aromatic carbocycles. The van der Waals surface area contributed by atoms with Gasteiger partial charge < -0.3 is 14.1 Å². The third-order valence-corrected chi connectivity index (χ3v) is 7.40. The Morgan fingerprint density at radius 3 is 2.40 bits per heavy atom. The van der Waals surface area contributed by atoms with Crippen molar-refractivity contribution in [1.29, 1.82) is 0 Å². The van der Waals surface area contributed by atoms with Gasteiger partial charge in [-0.2, -0.15) is 26.3 Å². The third-order valence-electron chi connectivity index (χ3n) is 7.40. The molecular weight excluding hydrogens is 572 g/mol. The predicted molar refractivity (Wildman–Crippen MR) is 136 cm³/mol. The van der Waals surface area contributed by atoms with E-state index in [1.165, 1.54) is 11.0 Å². The van der Waals surface area contributed by atoms with E-state index in [1.807, 2.05) is 0 Å². The molecule has 3 aromatic rings. The van der Waals surface area contributed by atoms with Gasteiger partial charge in [-0.15, -0.1) is 10.2 Å². The van der Waals surface area contributed by atoms with Crippen LogP contribution in [-0.4, -0.2) is 38.9 Å². The van der Waals surface area contributed by atoms with Crippen molar-refractivity contribution in [3.63, 3.8) is 0 Å². The lowest BCUT2D eigenvalue weighted by Gasteiger charge is -2.39. The summed E-state index contributed by atoms with van der Waals surface area (Å²) >= 11 is 0. The third kappa shape index (κ3) is 5.69. The molecule has 2 aromatic heterocycles. The number of nitro groups is 1. The van der Waals surface area contributed by atoms with Gasteiger partial charge in [0.15, 0.2) is 0 Å². The fraction of sp³-hybridized carbons (Fsp3) is 0.444. The molecule has 4 bridgehead atoms. The molecule has 0 saturated heterocycles. The maximum atomic E-state index is 14.8. The van der Waals surface area contributed by atoms with Crippen LogP contribution in [0.2, 0.25) is 0 Å². The molecule has 1 unspecified atom stereocenters. The van der Waals surface area contributed by atoms with E-state index in [9.17, 15) is 36.5 Å². The summed E-state index contributed by atoms with van der Waals surface area (Å²) in [7, 11) is 0. The second-order valence-electron chi connectivity index (χ2n) is 10.1. The van der Waals surface area contributed by atoms with Crippen LogP contribution in [0.15, 0.2) is 53.0 Å². The van der Waals surface area contributed by atoms with Crippen molar-refractivity contribution >= 4 is 11.5 Å². The smallest absolute Gasteiger partial charge is 0.415 e. The maximum absolute atomic E-state index is 14.8. The summed E-state index contributed by atoms with van der Waals surface area (Å²) in [6.07, 6.45) is -5.67. The van der Waals surface area contributed by atoms with Crippen molar-refractivity contribution in [1.82, 2.24) is 15.2 Å². The van der Waals surface area contributed by atoms with Gasteiger partial charge in [-0.25, -0.2) is 4.98 Å². The van der Waals surface area contributed by atoms with Gasteiger partial charge in [-0.1, -0.05) is 42.5 Å². The van der Waals surface area contributed by atoms with Crippen LogP contribution >= 0.6 is 0 Å². The molecule has 0 N–H and O–H groups in total. The molecule has 42 heavy (non-hydrogen) atoms. The number of allylic oxidation sites excluding steroid dienone is 1. The molecule has 1 aliphatic carbocycles. The highest BCUT2D eigenvalue weighted by atomic mass is 19.4. The topological polar surface area (TPSA) is 107 Å². The summed E-state index contributed by atoms with van der Waals surface area (Å²) < 4.78 is 97.9. The molecule has 5 rings (SSSR count). The number of pyridine rings is 1. The number of hydrogen-bond acceptors (Lipinski definition) is 8. The second kappa shape index (κ2) is 11.3. The van der Waals surface area contributed by atoms with Gasteiger partial charge in [0, 0.05) is 18.7 Å². The lowest BCUT2D eigenvalue weighted by molar-refractivity contribution is -0.384. The minimum Gasteiger partial charge on any atom is -0.415 e. The number of anilines is 1. The zero-order valence-electron chi connectivity index (χ0n) is 22.0. The van der Waals surface area contributed by atoms with Crippen LogP contribution in [0.25, 0.3) is 11.6 Å². The van der Waals surface area contributed by atoms with Crippen LogP contribution in [0.4, 0.5) is 37.8 Å². The van der Waals surface area contributed by atoms with Crippen LogP contribution in [0.3, 0.4) is 0 Å². The first kappa shape index (κ1) is 29.5. The Kier molecular flexibility index (Phi) is 7.96. The monoisotopic (exact) mass is 597 g/mol. The number of fused-ring (bicyclic) bond motifs is 5. The van der Waals surface area contributed by atoms with Gasteiger partial charge in [-0.05, 0) is 44.1 Å². The summed E-state index contributed by atoms with van der Waals surface area (Å²) in [4.78, 5) is 16.2. The van der Waals surface area contributed by atoms with Crippen LogP contribution in [-0.2, 0) is 23.1 Å². The zero-order chi connectivity index (χ0) is 30.1. The van der Waals surface area contributed by atoms with Crippen LogP contribution in [0, 0.1) is 10.1 Å². The largest absolute Gasteiger partial charge is 0.426 e. The minimum atomic E-state index is -5.08. The molecule has 15 heteroatoms. The van der Waals surface area contributed by atoms with Gasteiger partial charge in [0.2, 0.25) is 11.3 Å². The minimum absolute atomic E-state index is 0.0541. The standard InChI is InChI=1S/C27H25F6N5O4/c28-26(29,30)19-15-20(38(39)40)21-23-35-36-24(42-23)25(27(31,32)33,41-16-17-9-4-3-5-10-17)13-6-1-2-7-14-37(22(19)34-21)18-11-8-12-18/h1-5,9-10,15,18H,6-8,11-14,16H2. The second-order valence-corrected chi connectivity index (χ2v) is 10.1. The molecule has 1 saturated carbocycles. The molecule has 0 radical (unpaired) electrons. The number of rotatable bonds is 5. The SMILES string of the molecule is O=[N+]([O-])c1cc(C(F)(F)F)c2nc1-c1nnc(o1)C(OCc1ccccc1)(C(F)(F)F)CCC=CCCN2C1CCC1. The number of alkyl halides is 6. The van der Waals surface area contributed by atoms with E-state index < -0.39 is 70.4 Å². The maximum Gasteiger partial charge on any atom is 0.426 e. The van der Waals surface area contributed by atoms with Gasteiger partial charge in [-0.3, -0.25) is 10.1 Å². The first-order valence-electron chi connectivity index (χ1n) is 13.2. The van der Waals surface area contributed by atoms with Crippen LogP contribution in [0.1, 0.15) is 55.5 Å². The number of aromatic nitrogens is 3. The normalized spacial score (nSPS) is 20.2. The van der Waals surface area contributed by atoms with Crippen molar-refractivity contribution in [3.05, 3.63) is 75.7 Å². The Morgan fingerprint density at radius 1 is 1.07 bits per heavy atom. The summed E-state index contributed by atoms with van der Waals surface area (Å²) in [5, 5.41) is 19.1. The molecule has 2 aliphatic rings. The van der Waals surface area contributed by atoms with Gasteiger partial charge >= 0.3 is 18.0 Å². The summed E-state index contributed by atoms with van der Waals surface area (Å²) in [6, 6.07) is 8.09. The number of halogens is 6. The Balaban J connectivity index is 1.69. The Hall–Kier alpha value is -4.01. The van der Waals surface area contributed by atoms with E-state index in [0.29, 0.717) is 24.5 Å². The molecule has 0 spiro atoms. The molecule has 1 fully saturated rings. The fourth-order valence-corrected chi connectivity index (χ4v) is 4.96. The van der Waals surface area contributed by atoms with E-state index in [0.717, 1.165) is 6.42 Å². The first-order valence-corrected chi connectivity index (χ1v) is 13.2. The Labute approximate surface area is 235 Å². The number of nitrogens with zero attached hydrogens (tertiary/aromatic N) is 5. The van der Waals surface area contributed by atoms with Crippen LogP contribution in [0.5, 0.6) is 0 Å². The lowest BCUT2D eigenvalue weighted by Crippen LogP contribution is -2.45. The first-order chi connectivity index (χ1) is 19.9. The Bertz CT molecular complexity index is 1460. The van der Waals surface area contributed by atoms with Crippen LogP contribution < -0.4 is 4.90 Å². The molecule has 9 nitrogen and oxygen atoms in total. The van der Waals surface area contributed by atoms with Gasteiger partial charge in [0.1, 0.15) is 11.4 Å². The van der Waals surface area contributed by atoms with E-state index in [2.05, 4.69) is 15.2 Å². The molecule has 224 valence electrons. The highest BCUT2D eigenvalue weighted by molar-refractivity contribution is 5.68. The fourth-order valence-electron chi connectivity index (χ4n) is 4.96. The van der Waals surface area contributed by atoms with Gasteiger partial charge in [0.05, 0.1) is 11.5 Å². The number of ether oxygens (including phenoxy) is 1. The van der Waals surface area contributed by atoms with Crippen molar-refractivity contribution < 1.29 is 40.4 Å².